The number of aromatic nitrogens is 16. The summed E-state index contributed by atoms with van der Waals surface area (Å²) in [6, 6.07) is 46.0. The zero-order valence-corrected chi connectivity index (χ0v) is 82.3. The maximum atomic E-state index is 13.5. The van der Waals surface area contributed by atoms with Gasteiger partial charge in [-0.1, -0.05) is 199 Å². The van der Waals surface area contributed by atoms with E-state index in [2.05, 4.69) is 59.8 Å². The van der Waals surface area contributed by atoms with Crippen molar-refractivity contribution in [3.8, 4) is 0 Å². The number of carbonyl (C=O) groups is 4. The summed E-state index contributed by atoms with van der Waals surface area (Å²) < 4.78 is 127. The third-order valence-corrected chi connectivity index (χ3v) is 28.4. The van der Waals surface area contributed by atoms with Gasteiger partial charge in [-0.3, -0.25) is 94.6 Å². The Bertz CT molecular complexity index is 7110. The molecule has 0 saturated heterocycles. The number of nitrogen functional groups attached to an aromatic ring is 4. The molecular weight excluding hydrogens is 1920 g/mol. The van der Waals surface area contributed by atoms with Crippen molar-refractivity contribution in [3.05, 3.63) is 280 Å². The molecule has 142 heavy (non-hydrogen) atoms. The van der Waals surface area contributed by atoms with Crippen molar-refractivity contribution in [2.45, 2.75) is 132 Å². The second kappa shape index (κ2) is 50.6. The van der Waals surface area contributed by atoms with Crippen LogP contribution in [0.25, 0.3) is 44.7 Å². The Labute approximate surface area is 813 Å². The molecule has 0 radical (unpaired) electrons. The minimum Gasteiger partial charge on any atom is -0.369 e. The second-order valence-electron chi connectivity index (χ2n) is 33.6. The summed E-state index contributed by atoms with van der Waals surface area (Å²) in [5.74, 6) is -0.913. The fraction of sp³-hybridized carbons (Fsp3) is 0.362. The molecule has 2 aliphatic rings. The lowest BCUT2D eigenvalue weighted by Crippen LogP contribution is -2.22. The molecule has 2 fully saturated rings. The van der Waals surface area contributed by atoms with Gasteiger partial charge >= 0.3 is 30.4 Å². The molecule has 48 heteroatoms. The summed E-state index contributed by atoms with van der Waals surface area (Å²) in [4.78, 5) is 140. The van der Waals surface area contributed by atoms with Crippen LogP contribution in [0.15, 0.2) is 196 Å². The van der Waals surface area contributed by atoms with Crippen LogP contribution in [0, 0.1) is 46.5 Å². The molecule has 0 bridgehead atoms. The average Bonchev–Trinajstić information content (AvgIpc) is 1.67. The molecule has 2 aliphatic carbocycles. The largest absolute Gasteiger partial charge is 0.369 e. The highest BCUT2D eigenvalue weighted by Crippen LogP contribution is 2.53. The lowest BCUT2D eigenvalue weighted by Gasteiger charge is -2.22. The zero-order chi connectivity index (χ0) is 101. The number of anilines is 4. The maximum Gasteiger partial charge on any atom is 0.356 e. The van der Waals surface area contributed by atoms with Gasteiger partial charge in [0, 0.05) is 49.1 Å². The molecule has 14 aromatic rings. The second-order valence-corrected chi connectivity index (χ2v) is 41.6. The fourth-order valence-electron chi connectivity index (χ4n) is 14.0. The lowest BCUT2D eigenvalue weighted by molar-refractivity contribution is -0.126. The van der Waals surface area contributed by atoms with Gasteiger partial charge in [0.2, 0.25) is 23.8 Å². The summed E-state index contributed by atoms with van der Waals surface area (Å²) in [6.45, 7) is 10.1. The van der Waals surface area contributed by atoms with Gasteiger partial charge in [-0.05, 0) is 82.6 Å². The van der Waals surface area contributed by atoms with E-state index in [1.807, 2.05) is 144 Å². The number of H-pyrrole nitrogens is 4. The van der Waals surface area contributed by atoms with Crippen molar-refractivity contribution in [1.29, 1.82) is 0 Å². The molecule has 0 aliphatic heterocycles. The quantitative estimate of drug-likeness (QED) is 0.00997. The minimum atomic E-state index is -3.81. The SMILES string of the molecule is Cc1ccc(COP(=O)(COCCn2cnc3c(=O)[nH]c(N)nc32)OCC(=O)C2CC2)cc1.Cc1ccc(COP(=O)(COCCn2cnc3c(=O)[nH]c(N)nc32)OCC(=O)C2CCCCC2)cc1.Cc1ccc(COP(=O)(COCCn2cnc3c(=O)[nH]c(N)nc32)OCC(=O)c2ccc(C)cc2)cc1.Cc1ccc(COP(=O)(COCCn2cnc3c(=O)[nH]c(N)nc32)OCC(=O)c2ccccc2)cc1. The van der Waals surface area contributed by atoms with E-state index in [4.69, 9.17) is 78.1 Å². The molecule has 4 atom stereocenters. The molecule has 752 valence electrons. The number of aromatic amines is 4. The molecule has 4 unspecified atom stereocenters. The highest BCUT2D eigenvalue weighted by Gasteiger charge is 2.36. The van der Waals surface area contributed by atoms with Gasteiger partial charge < -0.3 is 78.2 Å². The number of rotatable bonds is 48. The van der Waals surface area contributed by atoms with Crippen LogP contribution < -0.4 is 45.2 Å². The number of benzene rings is 6. The maximum absolute atomic E-state index is 13.5. The molecule has 6 aromatic carbocycles. The van der Waals surface area contributed by atoms with E-state index in [1.165, 1.54) is 25.3 Å². The van der Waals surface area contributed by atoms with Crippen LogP contribution >= 0.6 is 30.4 Å². The number of Topliss-reactive ketones (excluding diaryl/α,β-unsaturated/α-hetero) is 4. The van der Waals surface area contributed by atoms with Gasteiger partial charge in [0.05, 0.1) is 78.2 Å². The standard InChI is InChI=1S/C25H28N5O6P.C24H32N5O6P.C24H26N5O6P.C21H26N5O6P/c1-17-3-7-19(8-4-17)13-35-37(33,36-14-21(31)20-9-5-18(2)6-10-20)16-34-12-11-30-15-27-22-23(30)28-25(26)29-24(22)32;2*1-17-7-9-18(10-8-17)13-34-36(32,35-14-20(30)19-5-3-2-4-6-19)16-33-12-11-29-15-26-21-22(29)27-24(25)28-23(21)31;1-14-2-4-15(5-3-14)10-31-33(29,32-11-17(27)16-6-7-16)13-30-9-8-26-12-23-18-19(26)24-21(22)25-20(18)28/h3-10,15H,11-14,16H2,1-2H3,(H3,26,28,29,32);7-10,15,19H,2-6,11-14,16H2,1H3,(H3,25,27,28,31);2-10,15H,11-14,16H2,1H3,(H3,25,27,28,31);2-5,12,16H,6-11,13H2,1H3,(H3,22,24,25,28). The van der Waals surface area contributed by atoms with Gasteiger partial charge in [-0.15, -0.1) is 0 Å². The number of fused-ring (bicyclic) bond motifs is 4. The van der Waals surface area contributed by atoms with Crippen LogP contribution in [-0.4, -0.2) is 179 Å². The molecule has 8 heterocycles. The summed E-state index contributed by atoms with van der Waals surface area (Å²) in [5.41, 5.74) is 32.2. The number of hydrogen-bond donors (Lipinski definition) is 8. The first-order chi connectivity index (χ1) is 68.2. The Morgan fingerprint density at radius 3 is 0.838 bits per heavy atom. The fourth-order valence-corrected chi connectivity index (χ4v) is 19.0. The number of nitrogens with two attached hydrogens (primary N) is 4. The Kier molecular flexibility index (Phi) is 37.9. The number of ketones is 4. The van der Waals surface area contributed by atoms with Crippen LogP contribution in [0.4, 0.5) is 23.8 Å². The molecule has 16 rings (SSSR count). The molecule has 2 saturated carbocycles. The van der Waals surface area contributed by atoms with Gasteiger partial charge in [-0.25, -0.2) is 19.9 Å². The number of aryl methyl sites for hydroxylation is 5. The van der Waals surface area contributed by atoms with Gasteiger partial charge in [0.25, 0.3) is 22.2 Å². The normalized spacial score (nSPS) is 14.4. The first kappa shape index (κ1) is 106. The molecule has 44 nitrogen and oxygen atoms in total. The van der Waals surface area contributed by atoms with Crippen molar-refractivity contribution in [2.75, 3.05) is 101 Å². The van der Waals surface area contributed by atoms with E-state index >= 15 is 0 Å². The Morgan fingerprint density at radius 1 is 0.324 bits per heavy atom. The van der Waals surface area contributed by atoms with Crippen molar-refractivity contribution in [1.82, 2.24) is 78.1 Å². The number of imidazole rings is 4. The lowest BCUT2D eigenvalue weighted by atomic mass is 9.86. The predicted molar refractivity (Wildman–Crippen MR) is 527 cm³/mol. The Balaban J connectivity index is 0.000000159. The van der Waals surface area contributed by atoms with Gasteiger partial charge in [0.1, 0.15) is 51.8 Å². The monoisotopic (exact) mass is 2030 g/mol. The van der Waals surface area contributed by atoms with Gasteiger partial charge in [0.15, 0.2) is 67.8 Å². The molecule has 0 amide bonds. The third-order valence-electron chi connectivity index (χ3n) is 22.2. The van der Waals surface area contributed by atoms with Crippen molar-refractivity contribution < 1.29 is 92.6 Å². The van der Waals surface area contributed by atoms with E-state index < -0.39 is 65.8 Å². The van der Waals surface area contributed by atoms with Crippen LogP contribution in [0.1, 0.15) is 116 Å². The molecule has 12 N–H and O–H groups in total. The average molecular weight is 2030 g/mol. The van der Waals surface area contributed by atoms with E-state index in [-0.39, 0.29) is 198 Å². The van der Waals surface area contributed by atoms with Crippen LogP contribution in [0.3, 0.4) is 0 Å². The number of hydrogen-bond acceptors (Lipinski definition) is 36. The zero-order valence-electron chi connectivity index (χ0n) is 78.8. The van der Waals surface area contributed by atoms with Crippen LogP contribution in [0.2, 0.25) is 0 Å². The van der Waals surface area contributed by atoms with Gasteiger partial charge in [-0.2, -0.15) is 19.9 Å². The minimum absolute atomic E-state index is 0.00549. The van der Waals surface area contributed by atoms with Crippen molar-refractivity contribution in [2.24, 2.45) is 11.8 Å². The number of carbonyl (C=O) groups excluding carboxylic acids is 4. The topological polar surface area (TPSA) is 606 Å². The van der Waals surface area contributed by atoms with Crippen molar-refractivity contribution in [3.63, 3.8) is 0 Å². The summed E-state index contributed by atoms with van der Waals surface area (Å²) in [5, 5.41) is 0. The highest BCUT2D eigenvalue weighted by atomic mass is 31.2. The summed E-state index contributed by atoms with van der Waals surface area (Å²) in [6.07, 6.45) is 11.0. The van der Waals surface area contributed by atoms with Crippen LogP contribution in [-0.2, 0) is 136 Å². The Hall–Kier alpha value is -13.0. The van der Waals surface area contributed by atoms with E-state index in [9.17, 15) is 56.6 Å². The summed E-state index contributed by atoms with van der Waals surface area (Å²) in [7, 11) is -15.0. The summed E-state index contributed by atoms with van der Waals surface area (Å²) >= 11 is 0. The first-order valence-corrected chi connectivity index (χ1v) is 52.2. The number of nitrogens with one attached hydrogen (secondary N) is 4. The van der Waals surface area contributed by atoms with E-state index in [0.29, 0.717) is 33.7 Å². The van der Waals surface area contributed by atoms with Crippen LogP contribution in [0.5, 0.6) is 0 Å². The van der Waals surface area contributed by atoms with E-state index in [0.717, 1.165) is 95.0 Å². The van der Waals surface area contributed by atoms with Crippen molar-refractivity contribution >= 4 is 122 Å². The first-order valence-electron chi connectivity index (χ1n) is 45.3. The Morgan fingerprint density at radius 2 is 0.570 bits per heavy atom. The number of nitrogens with zero attached hydrogens (tertiary/aromatic N) is 12. The smallest absolute Gasteiger partial charge is 0.356 e. The third kappa shape index (κ3) is 31.8. The predicted octanol–water partition coefficient (Wildman–Crippen LogP) is 12.8. The molecule has 8 aromatic heterocycles. The highest BCUT2D eigenvalue weighted by molar-refractivity contribution is 7.54. The molecular formula is C94H112N20O24P4. The molecule has 0 spiro atoms. The number of ether oxygens (including phenoxy) is 4. The van der Waals surface area contributed by atoms with E-state index in [1.54, 1.807) is 60.7 Å².